The lowest BCUT2D eigenvalue weighted by Gasteiger charge is -2.19. The van der Waals surface area contributed by atoms with Crippen molar-refractivity contribution in [2.24, 2.45) is 4.40 Å². The molecule has 0 fully saturated rings. The minimum atomic E-state index is -4.77. The predicted octanol–water partition coefficient (Wildman–Crippen LogP) is 4.12. The van der Waals surface area contributed by atoms with Crippen LogP contribution in [-0.2, 0) is 17.5 Å². The van der Waals surface area contributed by atoms with E-state index in [0.717, 1.165) is 6.07 Å². The Kier molecular flexibility index (Phi) is 4.86. The molecule has 1 atom stereocenters. The summed E-state index contributed by atoms with van der Waals surface area (Å²) in [4.78, 5) is 0. The topological polar surface area (TPSA) is 35.4 Å². The second kappa shape index (κ2) is 5.73. The monoisotopic (exact) mass is 309 g/mol. The van der Waals surface area contributed by atoms with Crippen LogP contribution in [0.25, 0.3) is 0 Å². The molecule has 0 aliphatic heterocycles. The molecule has 0 saturated heterocycles. The van der Waals surface area contributed by atoms with Gasteiger partial charge in [-0.3, -0.25) is 0 Å². The van der Waals surface area contributed by atoms with Crippen LogP contribution in [0, 0.1) is 5.82 Å². The Labute approximate surface area is 118 Å². The van der Waals surface area contributed by atoms with Gasteiger partial charge in [-0.2, -0.15) is 13.2 Å². The molecule has 0 saturated carbocycles. The molecule has 0 aliphatic rings. The Morgan fingerprint density at radius 1 is 1.20 bits per heavy atom. The highest BCUT2D eigenvalue weighted by molar-refractivity contribution is 7.91. The van der Waals surface area contributed by atoms with Crippen molar-refractivity contribution in [1.29, 1.82) is 0 Å². The van der Waals surface area contributed by atoms with Gasteiger partial charge in [-0.05, 0) is 33.8 Å². The van der Waals surface area contributed by atoms with Crippen LogP contribution in [0.4, 0.5) is 17.6 Å². The Balaban J connectivity index is 3.25. The van der Waals surface area contributed by atoms with Crippen LogP contribution in [0.1, 0.15) is 38.8 Å². The summed E-state index contributed by atoms with van der Waals surface area (Å²) >= 11 is -1.66. The van der Waals surface area contributed by atoms with E-state index in [1.807, 2.05) is 0 Å². The number of halogens is 4. The van der Waals surface area contributed by atoms with E-state index >= 15 is 0 Å². The summed E-state index contributed by atoms with van der Waals surface area (Å²) in [5.74, 6) is -1.40. The maximum atomic E-state index is 13.9. The zero-order valence-electron chi connectivity index (χ0n) is 11.5. The molecule has 0 N–H and O–H groups in total. The molecule has 0 aliphatic carbocycles. The van der Waals surface area contributed by atoms with Crippen LogP contribution < -0.4 is 0 Å². The minimum Gasteiger partial charge on any atom is -0.591 e. The second-order valence-corrected chi connectivity index (χ2v) is 7.11. The largest absolute Gasteiger partial charge is 0.591 e. The van der Waals surface area contributed by atoms with Crippen molar-refractivity contribution >= 4 is 17.1 Å². The third-order valence-corrected chi connectivity index (χ3v) is 3.93. The highest BCUT2D eigenvalue weighted by atomic mass is 32.2. The van der Waals surface area contributed by atoms with Crippen LogP contribution in [0.5, 0.6) is 0 Å². The van der Waals surface area contributed by atoms with E-state index in [1.165, 1.54) is 13.0 Å². The zero-order chi connectivity index (χ0) is 15.7. The standard InChI is InChI=1S/C13H15F4NOS/c1-8(18-20(19)12(2,3)4)9-6-5-7-10(11(9)14)13(15,16)17/h5-7H,1-4H3/t20-/m0/s1. The first-order chi connectivity index (χ1) is 8.94. The van der Waals surface area contributed by atoms with Gasteiger partial charge in [0.1, 0.15) is 21.9 Å². The van der Waals surface area contributed by atoms with Gasteiger partial charge in [-0.1, -0.05) is 16.5 Å². The minimum absolute atomic E-state index is 0.0261. The molecule has 1 aromatic rings. The SMILES string of the molecule is CC(=N[S@@+]([O-])C(C)(C)C)c1cccc(C(F)(F)F)c1F. The Morgan fingerprint density at radius 3 is 2.20 bits per heavy atom. The Hall–Kier alpha value is -1.08. The van der Waals surface area contributed by atoms with Crippen LogP contribution in [0.3, 0.4) is 0 Å². The fourth-order valence-corrected chi connectivity index (χ4v) is 1.96. The van der Waals surface area contributed by atoms with E-state index in [1.54, 1.807) is 20.8 Å². The van der Waals surface area contributed by atoms with Crippen LogP contribution >= 0.6 is 0 Å². The molecule has 7 heteroatoms. The predicted molar refractivity (Wildman–Crippen MR) is 71.5 cm³/mol. The summed E-state index contributed by atoms with van der Waals surface area (Å²) in [5.41, 5.74) is -1.68. The molecular formula is C13H15F4NOS. The first-order valence-corrected chi connectivity index (χ1v) is 6.88. The highest BCUT2D eigenvalue weighted by Crippen LogP contribution is 2.32. The van der Waals surface area contributed by atoms with Crippen molar-refractivity contribution in [3.05, 3.63) is 35.1 Å². The third kappa shape index (κ3) is 3.96. The Morgan fingerprint density at radius 2 is 1.75 bits per heavy atom. The van der Waals surface area contributed by atoms with Gasteiger partial charge in [0.25, 0.3) is 0 Å². The highest BCUT2D eigenvalue weighted by Gasteiger charge is 2.35. The molecule has 20 heavy (non-hydrogen) atoms. The number of hydrogen-bond acceptors (Lipinski definition) is 2. The maximum Gasteiger partial charge on any atom is 0.419 e. The van der Waals surface area contributed by atoms with Crippen molar-refractivity contribution in [3.8, 4) is 0 Å². The van der Waals surface area contributed by atoms with E-state index in [9.17, 15) is 22.1 Å². The summed E-state index contributed by atoms with van der Waals surface area (Å²) in [7, 11) is 0. The number of rotatable bonds is 2. The first kappa shape index (κ1) is 17.0. The third-order valence-electron chi connectivity index (χ3n) is 2.44. The lowest BCUT2D eigenvalue weighted by atomic mass is 10.1. The molecule has 0 bridgehead atoms. The first-order valence-electron chi connectivity index (χ1n) is 5.78. The summed E-state index contributed by atoms with van der Waals surface area (Å²) < 4.78 is 66.6. The lowest BCUT2D eigenvalue weighted by molar-refractivity contribution is -0.140. The van der Waals surface area contributed by atoms with Crippen LogP contribution in [0.2, 0.25) is 0 Å². The van der Waals surface area contributed by atoms with E-state index in [-0.39, 0.29) is 11.3 Å². The van der Waals surface area contributed by atoms with E-state index in [4.69, 9.17) is 0 Å². The van der Waals surface area contributed by atoms with Crippen molar-refractivity contribution in [2.45, 2.75) is 38.6 Å². The summed E-state index contributed by atoms with van der Waals surface area (Å²) in [6.45, 7) is 6.34. The van der Waals surface area contributed by atoms with Gasteiger partial charge >= 0.3 is 6.18 Å². The Bertz CT molecular complexity index is 520. The van der Waals surface area contributed by atoms with Gasteiger partial charge in [-0.25, -0.2) is 4.39 Å². The van der Waals surface area contributed by atoms with Gasteiger partial charge in [0.2, 0.25) is 0 Å². The number of nitrogens with zero attached hydrogens (tertiary/aromatic N) is 1. The van der Waals surface area contributed by atoms with Gasteiger partial charge in [0, 0.05) is 5.56 Å². The van der Waals surface area contributed by atoms with E-state index in [0.29, 0.717) is 6.07 Å². The van der Waals surface area contributed by atoms with Gasteiger partial charge in [0.05, 0.1) is 11.3 Å². The van der Waals surface area contributed by atoms with Gasteiger partial charge in [0.15, 0.2) is 0 Å². The average molecular weight is 309 g/mol. The summed E-state index contributed by atoms with van der Waals surface area (Å²) in [6, 6.07) is 2.94. The smallest absolute Gasteiger partial charge is 0.419 e. The molecule has 0 spiro atoms. The number of hydrogen-bond donors (Lipinski definition) is 0. The normalized spacial score (nSPS) is 15.3. The van der Waals surface area contributed by atoms with Crippen molar-refractivity contribution in [2.75, 3.05) is 0 Å². The molecule has 1 aromatic carbocycles. The molecule has 2 nitrogen and oxygen atoms in total. The lowest BCUT2D eigenvalue weighted by Crippen LogP contribution is -2.27. The molecule has 0 amide bonds. The van der Waals surface area contributed by atoms with Gasteiger partial charge in [-0.15, -0.1) is 0 Å². The van der Waals surface area contributed by atoms with E-state index in [2.05, 4.69) is 4.40 Å². The molecule has 0 heterocycles. The second-order valence-electron chi connectivity index (χ2n) is 5.20. The average Bonchev–Trinajstić information content (AvgIpc) is 2.26. The molecule has 0 aromatic heterocycles. The molecule has 1 rings (SSSR count). The van der Waals surface area contributed by atoms with Crippen LogP contribution in [0.15, 0.2) is 22.6 Å². The van der Waals surface area contributed by atoms with Crippen molar-refractivity contribution in [3.63, 3.8) is 0 Å². The maximum absolute atomic E-state index is 13.9. The van der Waals surface area contributed by atoms with Gasteiger partial charge < -0.3 is 4.55 Å². The molecule has 0 unspecified atom stereocenters. The molecule has 112 valence electrons. The molecule has 0 radical (unpaired) electrons. The fraction of sp³-hybridized carbons (Fsp3) is 0.462. The quantitative estimate of drug-likeness (QED) is 0.460. The summed E-state index contributed by atoms with van der Waals surface area (Å²) in [5, 5.41) is 0. The fourth-order valence-electron chi connectivity index (χ4n) is 1.34. The number of benzene rings is 1. The van der Waals surface area contributed by atoms with E-state index < -0.39 is 33.7 Å². The van der Waals surface area contributed by atoms with Crippen molar-refractivity contribution in [1.82, 2.24) is 0 Å². The molecular weight excluding hydrogens is 294 g/mol. The summed E-state index contributed by atoms with van der Waals surface area (Å²) in [6.07, 6.45) is -4.77. The zero-order valence-corrected chi connectivity index (χ0v) is 12.3. The number of alkyl halides is 3. The van der Waals surface area contributed by atoms with Crippen LogP contribution in [-0.4, -0.2) is 15.0 Å². The van der Waals surface area contributed by atoms with Crippen molar-refractivity contribution < 1.29 is 22.1 Å².